The van der Waals surface area contributed by atoms with E-state index in [1.54, 1.807) is 19.1 Å². The highest BCUT2D eigenvalue weighted by molar-refractivity contribution is 6.30. The Morgan fingerprint density at radius 3 is 2.79 bits per heavy atom. The first-order valence-electron chi connectivity index (χ1n) is 5.78. The molecule has 4 heteroatoms. The summed E-state index contributed by atoms with van der Waals surface area (Å²) in [6.07, 6.45) is 0. The Labute approximate surface area is 116 Å². The molecule has 0 spiro atoms. The van der Waals surface area contributed by atoms with E-state index in [2.05, 4.69) is 5.32 Å². The first-order valence-corrected chi connectivity index (χ1v) is 6.16. The molecule has 0 bridgehead atoms. The second-order valence-electron chi connectivity index (χ2n) is 4.23. The summed E-state index contributed by atoms with van der Waals surface area (Å²) in [4.78, 5) is 0. The number of halogens is 2. The zero-order valence-electron chi connectivity index (χ0n) is 10.4. The van der Waals surface area contributed by atoms with Crippen LogP contribution in [0.5, 0.6) is 0 Å². The highest BCUT2D eigenvalue weighted by atomic mass is 35.5. The van der Waals surface area contributed by atoms with Crippen LogP contribution in [0.4, 0.5) is 10.1 Å². The van der Waals surface area contributed by atoms with Crippen LogP contribution < -0.4 is 5.32 Å². The van der Waals surface area contributed by atoms with Crippen molar-refractivity contribution in [1.82, 2.24) is 0 Å². The molecular weight excluding hydrogens is 263 g/mol. The van der Waals surface area contributed by atoms with E-state index in [1.807, 2.05) is 24.3 Å². The molecular formula is C15H12ClFN2. The van der Waals surface area contributed by atoms with Gasteiger partial charge in [0.15, 0.2) is 0 Å². The maximum absolute atomic E-state index is 13.6. The quantitative estimate of drug-likeness (QED) is 0.907. The van der Waals surface area contributed by atoms with Gasteiger partial charge in [0.25, 0.3) is 0 Å². The van der Waals surface area contributed by atoms with Gasteiger partial charge < -0.3 is 5.32 Å². The number of hydrogen-bond acceptors (Lipinski definition) is 2. The standard InChI is InChI=1S/C15H12ClFN2/c1-10-14(17)6-12(8-18)7-15(10)19-9-11-3-2-4-13(16)5-11/h2-7,19H,9H2,1H3. The predicted molar refractivity (Wildman–Crippen MR) is 74.6 cm³/mol. The SMILES string of the molecule is Cc1c(F)cc(C#N)cc1NCc1cccc(Cl)c1. The van der Waals surface area contributed by atoms with Gasteiger partial charge in [0.2, 0.25) is 0 Å². The van der Waals surface area contributed by atoms with Crippen LogP contribution in [0.25, 0.3) is 0 Å². The number of benzene rings is 2. The molecule has 0 saturated heterocycles. The van der Waals surface area contributed by atoms with Gasteiger partial charge in [-0.1, -0.05) is 23.7 Å². The maximum atomic E-state index is 13.6. The molecule has 1 N–H and O–H groups in total. The van der Waals surface area contributed by atoms with Crippen molar-refractivity contribution in [3.8, 4) is 6.07 Å². The summed E-state index contributed by atoms with van der Waals surface area (Å²) >= 11 is 5.90. The number of nitriles is 1. The molecule has 0 aromatic heterocycles. The minimum atomic E-state index is -0.382. The molecule has 0 fully saturated rings. The zero-order valence-corrected chi connectivity index (χ0v) is 11.1. The molecule has 2 aromatic carbocycles. The van der Waals surface area contributed by atoms with Crippen molar-refractivity contribution in [2.75, 3.05) is 5.32 Å². The Bertz CT molecular complexity index is 647. The van der Waals surface area contributed by atoms with Crippen LogP contribution in [0.2, 0.25) is 5.02 Å². The van der Waals surface area contributed by atoms with E-state index in [0.717, 1.165) is 5.56 Å². The van der Waals surface area contributed by atoms with Gasteiger partial charge in [-0.05, 0) is 36.8 Å². The van der Waals surface area contributed by atoms with E-state index in [9.17, 15) is 4.39 Å². The Hall–Kier alpha value is -2.05. The molecule has 2 rings (SSSR count). The molecule has 0 aliphatic carbocycles. The van der Waals surface area contributed by atoms with Gasteiger partial charge in [0.1, 0.15) is 5.82 Å². The van der Waals surface area contributed by atoms with E-state index in [1.165, 1.54) is 6.07 Å². The van der Waals surface area contributed by atoms with Crippen molar-refractivity contribution in [1.29, 1.82) is 5.26 Å². The molecule has 0 amide bonds. The molecule has 0 aliphatic heterocycles. The van der Waals surface area contributed by atoms with Gasteiger partial charge >= 0.3 is 0 Å². The van der Waals surface area contributed by atoms with Crippen LogP contribution >= 0.6 is 11.6 Å². The molecule has 0 heterocycles. The van der Waals surface area contributed by atoms with Crippen molar-refractivity contribution in [3.05, 3.63) is 63.9 Å². The van der Waals surface area contributed by atoms with Crippen molar-refractivity contribution < 1.29 is 4.39 Å². The number of nitrogens with one attached hydrogen (secondary N) is 1. The summed E-state index contributed by atoms with van der Waals surface area (Å²) in [5.41, 5.74) is 2.42. The van der Waals surface area contributed by atoms with Crippen molar-refractivity contribution in [2.45, 2.75) is 13.5 Å². The van der Waals surface area contributed by atoms with Crippen LogP contribution in [0, 0.1) is 24.1 Å². The fraction of sp³-hybridized carbons (Fsp3) is 0.133. The summed E-state index contributed by atoms with van der Waals surface area (Å²) in [5.74, 6) is -0.382. The summed E-state index contributed by atoms with van der Waals surface area (Å²) in [5, 5.41) is 12.6. The average molecular weight is 275 g/mol. The summed E-state index contributed by atoms with van der Waals surface area (Å²) in [6, 6.07) is 12.2. The molecule has 2 aromatic rings. The highest BCUT2D eigenvalue weighted by Crippen LogP contribution is 2.21. The maximum Gasteiger partial charge on any atom is 0.129 e. The topological polar surface area (TPSA) is 35.8 Å². The first-order chi connectivity index (χ1) is 9.10. The normalized spacial score (nSPS) is 10.0. The summed E-state index contributed by atoms with van der Waals surface area (Å²) in [7, 11) is 0. The van der Waals surface area contributed by atoms with Gasteiger partial charge in [-0.2, -0.15) is 5.26 Å². The second kappa shape index (κ2) is 5.73. The molecule has 19 heavy (non-hydrogen) atoms. The van der Waals surface area contributed by atoms with Crippen molar-refractivity contribution in [2.24, 2.45) is 0 Å². The second-order valence-corrected chi connectivity index (χ2v) is 4.66. The Balaban J connectivity index is 2.20. The third-order valence-corrected chi connectivity index (χ3v) is 3.08. The zero-order chi connectivity index (χ0) is 13.8. The summed E-state index contributed by atoms with van der Waals surface area (Å²) in [6.45, 7) is 2.20. The van der Waals surface area contributed by atoms with Crippen LogP contribution in [-0.2, 0) is 6.54 Å². The molecule has 2 nitrogen and oxygen atoms in total. The molecule has 0 atom stereocenters. The van der Waals surface area contributed by atoms with E-state index >= 15 is 0 Å². The number of hydrogen-bond donors (Lipinski definition) is 1. The molecule has 0 radical (unpaired) electrons. The third-order valence-electron chi connectivity index (χ3n) is 2.85. The molecule has 0 saturated carbocycles. The van der Waals surface area contributed by atoms with Crippen molar-refractivity contribution >= 4 is 17.3 Å². The minimum Gasteiger partial charge on any atom is -0.381 e. The lowest BCUT2D eigenvalue weighted by molar-refractivity contribution is 0.618. The Morgan fingerprint density at radius 1 is 1.32 bits per heavy atom. The lowest BCUT2D eigenvalue weighted by Gasteiger charge is -2.11. The first kappa shape index (κ1) is 13.4. The van der Waals surface area contributed by atoms with E-state index in [4.69, 9.17) is 16.9 Å². The lowest BCUT2D eigenvalue weighted by atomic mass is 10.1. The number of rotatable bonds is 3. The Kier molecular flexibility index (Phi) is 4.03. The monoisotopic (exact) mass is 274 g/mol. The van der Waals surface area contributed by atoms with Gasteiger partial charge in [0.05, 0.1) is 11.6 Å². The Morgan fingerprint density at radius 2 is 2.11 bits per heavy atom. The third kappa shape index (κ3) is 3.24. The molecule has 0 unspecified atom stereocenters. The van der Waals surface area contributed by atoms with E-state index in [-0.39, 0.29) is 5.82 Å². The molecule has 0 aliphatic rings. The average Bonchev–Trinajstić information content (AvgIpc) is 2.40. The summed E-state index contributed by atoms with van der Waals surface area (Å²) < 4.78 is 13.6. The van der Waals surface area contributed by atoms with Gasteiger partial charge in [-0.25, -0.2) is 4.39 Å². The van der Waals surface area contributed by atoms with E-state index < -0.39 is 0 Å². The molecule has 96 valence electrons. The lowest BCUT2D eigenvalue weighted by Crippen LogP contribution is -2.03. The fourth-order valence-electron chi connectivity index (χ4n) is 1.77. The van der Waals surface area contributed by atoms with Crippen LogP contribution in [0.15, 0.2) is 36.4 Å². The van der Waals surface area contributed by atoms with Crippen molar-refractivity contribution in [3.63, 3.8) is 0 Å². The van der Waals surface area contributed by atoms with Crippen LogP contribution in [0.1, 0.15) is 16.7 Å². The smallest absolute Gasteiger partial charge is 0.129 e. The minimum absolute atomic E-state index is 0.302. The predicted octanol–water partition coefficient (Wildman–Crippen LogP) is 4.27. The van der Waals surface area contributed by atoms with Gasteiger partial charge in [-0.15, -0.1) is 0 Å². The largest absolute Gasteiger partial charge is 0.381 e. The van der Waals surface area contributed by atoms with E-state index in [0.29, 0.717) is 28.4 Å². The van der Waals surface area contributed by atoms with Crippen LogP contribution in [0.3, 0.4) is 0 Å². The number of nitrogens with zero attached hydrogens (tertiary/aromatic N) is 1. The van der Waals surface area contributed by atoms with Crippen LogP contribution in [-0.4, -0.2) is 0 Å². The fourth-order valence-corrected chi connectivity index (χ4v) is 1.98. The van der Waals surface area contributed by atoms with Gasteiger partial charge in [0, 0.05) is 22.8 Å². The highest BCUT2D eigenvalue weighted by Gasteiger charge is 2.07. The van der Waals surface area contributed by atoms with Gasteiger partial charge in [-0.3, -0.25) is 0 Å². The number of anilines is 1.